The molecule has 1 spiro atoms. The Morgan fingerprint density at radius 3 is 1.42 bits per heavy atom. The van der Waals surface area contributed by atoms with Crippen LogP contribution in [0.4, 0.5) is 17.1 Å². The Balaban J connectivity index is 1.01. The second kappa shape index (κ2) is 13.4. The molecule has 0 saturated heterocycles. The molecule has 0 unspecified atom stereocenters. The van der Waals surface area contributed by atoms with E-state index in [4.69, 9.17) is 4.74 Å². The van der Waals surface area contributed by atoms with Crippen LogP contribution in [0.15, 0.2) is 224 Å². The average molecular weight is 728 g/mol. The van der Waals surface area contributed by atoms with Crippen molar-refractivity contribution in [1.82, 2.24) is 0 Å². The fourth-order valence-corrected chi connectivity index (χ4v) is 9.28. The molecule has 0 N–H and O–H groups in total. The summed E-state index contributed by atoms with van der Waals surface area (Å²) in [4.78, 5) is 2.34. The van der Waals surface area contributed by atoms with Crippen molar-refractivity contribution in [3.63, 3.8) is 0 Å². The number of anilines is 3. The normalized spacial score (nSPS) is 12.8. The maximum Gasteiger partial charge on any atom is 0.132 e. The van der Waals surface area contributed by atoms with Crippen molar-refractivity contribution in [1.29, 1.82) is 0 Å². The molecule has 0 saturated carbocycles. The molecule has 2 heteroatoms. The monoisotopic (exact) mass is 727 g/mol. The molecule has 9 aromatic rings. The Kier molecular flexibility index (Phi) is 7.75. The van der Waals surface area contributed by atoms with E-state index in [2.05, 4.69) is 229 Å². The van der Waals surface area contributed by atoms with Crippen molar-refractivity contribution in [3.05, 3.63) is 247 Å². The highest BCUT2D eigenvalue weighted by molar-refractivity contribution is 5.90. The number of para-hydroxylation sites is 2. The third kappa shape index (κ3) is 5.26. The van der Waals surface area contributed by atoms with Crippen molar-refractivity contribution in [3.8, 4) is 56.0 Å². The molecule has 9 aromatic carbocycles. The quantitative estimate of drug-likeness (QED) is 0.169. The zero-order valence-electron chi connectivity index (χ0n) is 31.2. The van der Waals surface area contributed by atoms with E-state index in [0.29, 0.717) is 0 Å². The molecule has 0 atom stereocenters. The van der Waals surface area contributed by atoms with Gasteiger partial charge in [0, 0.05) is 28.2 Å². The molecule has 2 nitrogen and oxygen atoms in total. The number of nitrogens with zero attached hydrogens (tertiary/aromatic N) is 1. The summed E-state index contributed by atoms with van der Waals surface area (Å²) in [7, 11) is 0. The highest BCUT2D eigenvalue weighted by atomic mass is 16.5. The Labute approximate surface area is 333 Å². The lowest BCUT2D eigenvalue weighted by Crippen LogP contribution is -2.32. The van der Waals surface area contributed by atoms with Gasteiger partial charge in [0.25, 0.3) is 0 Å². The summed E-state index contributed by atoms with van der Waals surface area (Å²) >= 11 is 0. The molecular formula is C55H37NO. The number of benzene rings is 9. The summed E-state index contributed by atoms with van der Waals surface area (Å²) in [6.07, 6.45) is 0. The van der Waals surface area contributed by atoms with E-state index in [1.807, 2.05) is 0 Å². The number of hydrogen-bond donors (Lipinski definition) is 0. The van der Waals surface area contributed by atoms with Crippen LogP contribution in [0.5, 0.6) is 11.5 Å². The third-order valence-corrected chi connectivity index (χ3v) is 11.7. The van der Waals surface area contributed by atoms with Gasteiger partial charge in [-0.1, -0.05) is 176 Å². The minimum Gasteiger partial charge on any atom is -0.457 e. The second-order valence-electron chi connectivity index (χ2n) is 14.8. The minimum atomic E-state index is -0.477. The highest BCUT2D eigenvalue weighted by Gasteiger charge is 2.50. The average Bonchev–Trinajstić information content (AvgIpc) is 3.58. The SMILES string of the molecule is c1ccc(-c2ccccc2-c2ccc(N(c3ccccc3)c3cccc(-c4ccc5c(c4)Oc4ccccc4C54c5ccccc5-c5ccccc54)c3)cc2)cc1. The van der Waals surface area contributed by atoms with Crippen LogP contribution in [-0.2, 0) is 5.41 Å². The molecule has 0 radical (unpaired) electrons. The zero-order valence-corrected chi connectivity index (χ0v) is 31.2. The molecule has 57 heavy (non-hydrogen) atoms. The van der Waals surface area contributed by atoms with E-state index >= 15 is 0 Å². The van der Waals surface area contributed by atoms with Crippen LogP contribution in [0, 0.1) is 0 Å². The molecule has 1 heterocycles. The maximum absolute atomic E-state index is 6.85. The predicted molar refractivity (Wildman–Crippen MR) is 235 cm³/mol. The number of rotatable bonds is 6. The van der Waals surface area contributed by atoms with Crippen LogP contribution in [0.25, 0.3) is 44.5 Å². The molecule has 268 valence electrons. The minimum absolute atomic E-state index is 0.477. The smallest absolute Gasteiger partial charge is 0.132 e. The van der Waals surface area contributed by atoms with Gasteiger partial charge in [-0.25, -0.2) is 0 Å². The Hall–Kier alpha value is -7.42. The first-order valence-corrected chi connectivity index (χ1v) is 19.6. The largest absolute Gasteiger partial charge is 0.457 e. The summed E-state index contributed by atoms with van der Waals surface area (Å²) in [6, 6.07) is 80.8. The molecule has 11 rings (SSSR count). The van der Waals surface area contributed by atoms with Crippen LogP contribution in [0.2, 0.25) is 0 Å². The Bertz CT molecular complexity index is 2890. The molecule has 1 aliphatic carbocycles. The van der Waals surface area contributed by atoms with Gasteiger partial charge in [-0.2, -0.15) is 0 Å². The van der Waals surface area contributed by atoms with Gasteiger partial charge in [0.05, 0.1) is 5.41 Å². The van der Waals surface area contributed by atoms with Gasteiger partial charge in [0.1, 0.15) is 11.5 Å². The molecule has 1 aliphatic heterocycles. The number of ether oxygens (including phenoxy) is 1. The van der Waals surface area contributed by atoms with Crippen molar-refractivity contribution < 1.29 is 4.74 Å². The second-order valence-corrected chi connectivity index (χ2v) is 14.8. The predicted octanol–water partition coefficient (Wildman–Crippen LogP) is 14.6. The summed E-state index contributed by atoms with van der Waals surface area (Å²) < 4.78 is 6.85. The van der Waals surface area contributed by atoms with Crippen molar-refractivity contribution in [2.45, 2.75) is 5.41 Å². The van der Waals surface area contributed by atoms with E-state index in [0.717, 1.165) is 39.7 Å². The summed E-state index contributed by atoms with van der Waals surface area (Å²) in [6.45, 7) is 0. The van der Waals surface area contributed by atoms with Gasteiger partial charge in [0.2, 0.25) is 0 Å². The Morgan fingerprint density at radius 2 is 0.737 bits per heavy atom. The first-order valence-electron chi connectivity index (χ1n) is 19.6. The lowest BCUT2D eigenvalue weighted by atomic mass is 9.66. The van der Waals surface area contributed by atoms with Crippen LogP contribution >= 0.6 is 0 Å². The fourth-order valence-electron chi connectivity index (χ4n) is 9.28. The number of hydrogen-bond acceptors (Lipinski definition) is 2. The standard InChI is InChI=1S/C55H37NO/c1-3-16-38(17-4-1)45-22-7-8-23-46(45)39-30-33-43(34-31-39)56(42-19-5-2-6-20-42)44-21-15-18-40(36-44)41-32-35-52-54(37-41)57-53-29-14-13-28-51(53)55(52)49-26-11-9-24-47(49)48-25-10-12-27-50(48)55/h1-37H. The van der Waals surface area contributed by atoms with Gasteiger partial charge in [-0.05, 0) is 104 Å². The van der Waals surface area contributed by atoms with Gasteiger partial charge < -0.3 is 9.64 Å². The third-order valence-electron chi connectivity index (χ3n) is 11.7. The van der Waals surface area contributed by atoms with E-state index in [9.17, 15) is 0 Å². The number of fused-ring (bicyclic) bond motifs is 9. The molecule has 0 fully saturated rings. The van der Waals surface area contributed by atoms with Crippen LogP contribution in [0.3, 0.4) is 0 Å². The summed E-state index contributed by atoms with van der Waals surface area (Å²) in [5.74, 6) is 1.78. The topological polar surface area (TPSA) is 12.5 Å². The van der Waals surface area contributed by atoms with Crippen molar-refractivity contribution >= 4 is 17.1 Å². The molecule has 0 aromatic heterocycles. The van der Waals surface area contributed by atoms with Gasteiger partial charge in [0.15, 0.2) is 0 Å². The van der Waals surface area contributed by atoms with Crippen molar-refractivity contribution in [2.75, 3.05) is 4.90 Å². The van der Waals surface area contributed by atoms with Crippen molar-refractivity contribution in [2.24, 2.45) is 0 Å². The Morgan fingerprint density at radius 1 is 0.281 bits per heavy atom. The highest BCUT2D eigenvalue weighted by Crippen LogP contribution is 2.62. The fraction of sp³-hybridized carbons (Fsp3) is 0.0182. The van der Waals surface area contributed by atoms with Gasteiger partial charge in [-0.3, -0.25) is 0 Å². The van der Waals surface area contributed by atoms with E-state index in [-0.39, 0.29) is 0 Å². The van der Waals surface area contributed by atoms with Gasteiger partial charge >= 0.3 is 0 Å². The molecular weight excluding hydrogens is 691 g/mol. The van der Waals surface area contributed by atoms with Gasteiger partial charge in [-0.15, -0.1) is 0 Å². The zero-order chi connectivity index (χ0) is 37.8. The van der Waals surface area contributed by atoms with E-state index in [1.54, 1.807) is 0 Å². The van der Waals surface area contributed by atoms with Crippen LogP contribution < -0.4 is 9.64 Å². The summed E-state index contributed by atoms with van der Waals surface area (Å²) in [5.41, 5.74) is 17.3. The van der Waals surface area contributed by atoms with Crippen LogP contribution in [0.1, 0.15) is 22.3 Å². The van der Waals surface area contributed by atoms with Crippen LogP contribution in [-0.4, -0.2) is 0 Å². The molecule has 2 aliphatic rings. The molecule has 0 amide bonds. The first-order chi connectivity index (χ1) is 28.3. The van der Waals surface area contributed by atoms with E-state index < -0.39 is 5.41 Å². The maximum atomic E-state index is 6.85. The molecule has 0 bridgehead atoms. The van der Waals surface area contributed by atoms with E-state index in [1.165, 1.54) is 55.6 Å². The lowest BCUT2D eigenvalue weighted by molar-refractivity contribution is 0.436. The first kappa shape index (κ1) is 33.0. The summed E-state index contributed by atoms with van der Waals surface area (Å²) in [5, 5.41) is 0. The lowest BCUT2D eigenvalue weighted by Gasteiger charge is -2.39.